The normalized spacial score (nSPS) is 35.3. The molecule has 2 N–H and O–H groups in total. The van der Waals surface area contributed by atoms with Crippen LogP contribution in [0.25, 0.3) is 0 Å². The minimum absolute atomic E-state index is 0.581. The second-order valence-electron chi connectivity index (χ2n) is 5.25. The van der Waals surface area contributed by atoms with Crippen molar-refractivity contribution in [2.45, 2.75) is 52.2 Å². The van der Waals surface area contributed by atoms with Crippen LogP contribution in [0.15, 0.2) is 0 Å². The fourth-order valence-electron chi connectivity index (χ4n) is 2.22. The van der Waals surface area contributed by atoms with Crippen LogP contribution < -0.4 is 5.32 Å². The van der Waals surface area contributed by atoms with Crippen molar-refractivity contribution in [3.8, 4) is 0 Å². The summed E-state index contributed by atoms with van der Waals surface area (Å²) < 4.78 is 0. The molecule has 1 aliphatic rings. The SMILES string of the molecule is CC1CCC(C)C1NCC(C)(C)O. The summed E-state index contributed by atoms with van der Waals surface area (Å²) in [6, 6.07) is 0.603. The Kier molecular flexibility index (Phi) is 3.36. The van der Waals surface area contributed by atoms with Gasteiger partial charge in [0.1, 0.15) is 0 Å². The topological polar surface area (TPSA) is 32.3 Å². The Balaban J connectivity index is 2.35. The van der Waals surface area contributed by atoms with Gasteiger partial charge in [0.25, 0.3) is 0 Å². The van der Waals surface area contributed by atoms with Crippen molar-refractivity contribution < 1.29 is 5.11 Å². The Morgan fingerprint density at radius 2 is 1.69 bits per heavy atom. The smallest absolute Gasteiger partial charge is 0.0715 e. The maximum absolute atomic E-state index is 9.59. The lowest BCUT2D eigenvalue weighted by molar-refractivity contribution is 0.0731. The fraction of sp³-hybridized carbons (Fsp3) is 1.00. The molecule has 0 bridgehead atoms. The molecule has 0 aromatic carbocycles. The lowest BCUT2D eigenvalue weighted by atomic mass is 9.99. The van der Waals surface area contributed by atoms with Crippen LogP contribution in [0, 0.1) is 11.8 Å². The predicted molar refractivity (Wildman–Crippen MR) is 55.7 cm³/mol. The van der Waals surface area contributed by atoms with E-state index in [0.717, 1.165) is 11.8 Å². The maximum Gasteiger partial charge on any atom is 0.0715 e. The molecular formula is C11H23NO. The highest BCUT2D eigenvalue weighted by atomic mass is 16.3. The van der Waals surface area contributed by atoms with Crippen molar-refractivity contribution in [3.05, 3.63) is 0 Å². The van der Waals surface area contributed by atoms with Gasteiger partial charge < -0.3 is 10.4 Å². The summed E-state index contributed by atoms with van der Waals surface area (Å²) in [4.78, 5) is 0. The van der Waals surface area contributed by atoms with Gasteiger partial charge in [0.2, 0.25) is 0 Å². The summed E-state index contributed by atoms with van der Waals surface area (Å²) in [7, 11) is 0. The summed E-state index contributed by atoms with van der Waals surface area (Å²) in [5.41, 5.74) is -0.581. The quantitative estimate of drug-likeness (QED) is 0.702. The van der Waals surface area contributed by atoms with Crippen LogP contribution in [0.5, 0.6) is 0 Å². The van der Waals surface area contributed by atoms with Gasteiger partial charge in [-0.1, -0.05) is 13.8 Å². The molecule has 1 aliphatic carbocycles. The maximum atomic E-state index is 9.59. The number of aliphatic hydroxyl groups is 1. The van der Waals surface area contributed by atoms with Crippen LogP contribution in [0.1, 0.15) is 40.5 Å². The van der Waals surface area contributed by atoms with Crippen LogP contribution in [0.4, 0.5) is 0 Å². The number of rotatable bonds is 3. The predicted octanol–water partition coefficient (Wildman–Crippen LogP) is 1.78. The lowest BCUT2D eigenvalue weighted by Gasteiger charge is -2.26. The molecular weight excluding hydrogens is 162 g/mol. The standard InChI is InChI=1S/C11H23NO/c1-8-5-6-9(2)10(8)12-7-11(3,4)13/h8-10,12-13H,5-7H2,1-4H3. The van der Waals surface area contributed by atoms with E-state index in [4.69, 9.17) is 0 Å². The lowest BCUT2D eigenvalue weighted by Crippen LogP contribution is -2.43. The third kappa shape index (κ3) is 3.28. The van der Waals surface area contributed by atoms with Crippen molar-refractivity contribution in [2.24, 2.45) is 11.8 Å². The van der Waals surface area contributed by atoms with Crippen LogP contribution in [0.3, 0.4) is 0 Å². The Hall–Kier alpha value is -0.0800. The molecule has 0 heterocycles. The zero-order chi connectivity index (χ0) is 10.1. The molecule has 0 saturated heterocycles. The molecule has 78 valence electrons. The Morgan fingerprint density at radius 1 is 1.23 bits per heavy atom. The number of hydrogen-bond acceptors (Lipinski definition) is 2. The molecule has 0 amide bonds. The van der Waals surface area contributed by atoms with E-state index in [1.165, 1.54) is 12.8 Å². The monoisotopic (exact) mass is 185 g/mol. The molecule has 0 aromatic rings. The average Bonchev–Trinajstić information content (AvgIpc) is 2.27. The minimum Gasteiger partial charge on any atom is -0.389 e. The van der Waals surface area contributed by atoms with E-state index in [1.54, 1.807) is 0 Å². The van der Waals surface area contributed by atoms with E-state index in [2.05, 4.69) is 19.2 Å². The van der Waals surface area contributed by atoms with Gasteiger partial charge in [0.05, 0.1) is 5.60 Å². The van der Waals surface area contributed by atoms with E-state index in [1.807, 2.05) is 13.8 Å². The Morgan fingerprint density at radius 3 is 2.08 bits per heavy atom. The zero-order valence-corrected chi connectivity index (χ0v) is 9.30. The fourth-order valence-corrected chi connectivity index (χ4v) is 2.22. The average molecular weight is 185 g/mol. The van der Waals surface area contributed by atoms with Gasteiger partial charge in [-0.3, -0.25) is 0 Å². The van der Waals surface area contributed by atoms with Crippen LogP contribution in [-0.4, -0.2) is 23.3 Å². The Bertz CT molecular complexity index is 152. The largest absolute Gasteiger partial charge is 0.389 e. The summed E-state index contributed by atoms with van der Waals surface area (Å²) in [6.07, 6.45) is 2.65. The van der Waals surface area contributed by atoms with E-state index < -0.39 is 5.60 Å². The molecule has 2 heteroatoms. The summed E-state index contributed by atoms with van der Waals surface area (Å²) >= 11 is 0. The Labute approximate surface area is 81.7 Å². The van der Waals surface area contributed by atoms with Gasteiger partial charge >= 0.3 is 0 Å². The van der Waals surface area contributed by atoms with Gasteiger partial charge in [-0.2, -0.15) is 0 Å². The van der Waals surface area contributed by atoms with Gasteiger partial charge in [-0.05, 0) is 38.5 Å². The molecule has 2 atom stereocenters. The highest BCUT2D eigenvalue weighted by molar-refractivity contribution is 4.87. The van der Waals surface area contributed by atoms with Crippen molar-refractivity contribution >= 4 is 0 Å². The molecule has 0 spiro atoms. The molecule has 1 rings (SSSR count). The van der Waals surface area contributed by atoms with Crippen molar-refractivity contribution in [2.75, 3.05) is 6.54 Å². The second kappa shape index (κ2) is 3.97. The molecule has 2 unspecified atom stereocenters. The zero-order valence-electron chi connectivity index (χ0n) is 9.30. The van der Waals surface area contributed by atoms with E-state index in [9.17, 15) is 5.11 Å². The highest BCUT2D eigenvalue weighted by Gasteiger charge is 2.30. The van der Waals surface area contributed by atoms with Crippen molar-refractivity contribution in [3.63, 3.8) is 0 Å². The van der Waals surface area contributed by atoms with Gasteiger partial charge in [0, 0.05) is 12.6 Å². The van der Waals surface area contributed by atoms with Crippen LogP contribution in [-0.2, 0) is 0 Å². The first-order chi connectivity index (χ1) is 5.90. The van der Waals surface area contributed by atoms with Gasteiger partial charge in [0.15, 0.2) is 0 Å². The summed E-state index contributed by atoms with van der Waals surface area (Å²) in [5, 5.41) is 13.1. The highest BCUT2D eigenvalue weighted by Crippen LogP contribution is 2.30. The number of nitrogens with one attached hydrogen (secondary N) is 1. The van der Waals surface area contributed by atoms with E-state index >= 15 is 0 Å². The third-order valence-electron chi connectivity index (χ3n) is 3.07. The molecule has 1 saturated carbocycles. The molecule has 0 radical (unpaired) electrons. The molecule has 0 aromatic heterocycles. The van der Waals surface area contributed by atoms with Gasteiger partial charge in [-0.15, -0.1) is 0 Å². The van der Waals surface area contributed by atoms with Crippen molar-refractivity contribution in [1.82, 2.24) is 5.32 Å². The third-order valence-corrected chi connectivity index (χ3v) is 3.07. The van der Waals surface area contributed by atoms with E-state index in [0.29, 0.717) is 12.6 Å². The first-order valence-corrected chi connectivity index (χ1v) is 5.36. The first-order valence-electron chi connectivity index (χ1n) is 5.36. The first kappa shape index (κ1) is 11.0. The molecule has 2 nitrogen and oxygen atoms in total. The second-order valence-corrected chi connectivity index (χ2v) is 5.25. The van der Waals surface area contributed by atoms with Crippen LogP contribution >= 0.6 is 0 Å². The summed E-state index contributed by atoms with van der Waals surface area (Å²) in [5.74, 6) is 1.52. The molecule has 13 heavy (non-hydrogen) atoms. The molecule has 1 fully saturated rings. The minimum atomic E-state index is -0.581. The van der Waals surface area contributed by atoms with E-state index in [-0.39, 0.29) is 0 Å². The number of hydrogen-bond donors (Lipinski definition) is 2. The summed E-state index contributed by atoms with van der Waals surface area (Å²) in [6.45, 7) is 9.00. The molecule has 0 aliphatic heterocycles. The van der Waals surface area contributed by atoms with Crippen LogP contribution in [0.2, 0.25) is 0 Å². The van der Waals surface area contributed by atoms with Gasteiger partial charge in [-0.25, -0.2) is 0 Å². The van der Waals surface area contributed by atoms with Crippen molar-refractivity contribution in [1.29, 1.82) is 0 Å².